The second-order valence-corrected chi connectivity index (χ2v) is 9.41. The van der Waals surface area contributed by atoms with Crippen LogP contribution in [-0.4, -0.2) is 51.7 Å². The van der Waals surface area contributed by atoms with E-state index < -0.39 is 35.0 Å². The minimum Gasteiger partial charge on any atom is -0.497 e. The van der Waals surface area contributed by atoms with Gasteiger partial charge in [0.1, 0.15) is 22.6 Å². The van der Waals surface area contributed by atoms with Gasteiger partial charge in [-0.3, -0.25) is 29.7 Å². The average molecular weight is 608 g/mol. The van der Waals surface area contributed by atoms with Crippen LogP contribution in [0.25, 0.3) is 17.3 Å². The maximum absolute atomic E-state index is 13.4. The van der Waals surface area contributed by atoms with Crippen molar-refractivity contribution in [2.75, 3.05) is 19.1 Å². The molecular weight excluding hydrogens is 582 g/mol. The number of hydrogen-bond donors (Lipinski definition) is 3. The quantitative estimate of drug-likeness (QED) is 0.155. The van der Waals surface area contributed by atoms with Crippen molar-refractivity contribution < 1.29 is 29.0 Å². The summed E-state index contributed by atoms with van der Waals surface area (Å²) in [5, 5.41) is 12.7. The number of nitrogens with one attached hydrogen (secondary N) is 2. The van der Waals surface area contributed by atoms with Crippen LogP contribution in [0.5, 0.6) is 17.4 Å². The van der Waals surface area contributed by atoms with E-state index in [-0.39, 0.29) is 22.5 Å². The van der Waals surface area contributed by atoms with Crippen LogP contribution in [0.1, 0.15) is 11.1 Å². The molecule has 0 spiro atoms. The molecule has 0 bridgehead atoms. The molecule has 5 rings (SSSR count). The number of urea groups is 1. The van der Waals surface area contributed by atoms with Gasteiger partial charge < -0.3 is 14.6 Å². The molecule has 3 heterocycles. The summed E-state index contributed by atoms with van der Waals surface area (Å²) in [6.45, 7) is 0. The Morgan fingerprint density at radius 1 is 0.889 bits per heavy atom. The summed E-state index contributed by atoms with van der Waals surface area (Å²) in [5.41, 5.74) is -0.920. The number of aromatic hydroxyl groups is 1. The Kier molecular flexibility index (Phi) is 8.52. The van der Waals surface area contributed by atoms with E-state index in [1.165, 1.54) is 75.2 Å². The van der Waals surface area contributed by atoms with Gasteiger partial charge in [-0.2, -0.15) is 0 Å². The lowest BCUT2D eigenvalue weighted by Gasteiger charge is -2.26. The van der Waals surface area contributed by atoms with Crippen LogP contribution < -0.4 is 30.9 Å². The number of nitrogens with zero attached hydrogens (tertiary/aromatic N) is 3. The van der Waals surface area contributed by atoms with Gasteiger partial charge in [0, 0.05) is 24.5 Å². The van der Waals surface area contributed by atoms with Crippen molar-refractivity contribution in [3.8, 4) is 23.1 Å². The number of carbonyl (C=O) groups excluding carboxylic acids is 3. The van der Waals surface area contributed by atoms with E-state index in [2.05, 4.69) is 15.3 Å². The lowest BCUT2D eigenvalue weighted by atomic mass is 10.0. The maximum Gasteiger partial charge on any atom is 0.335 e. The van der Waals surface area contributed by atoms with E-state index in [1.807, 2.05) is 0 Å². The van der Waals surface area contributed by atoms with E-state index in [4.69, 9.17) is 9.47 Å². The van der Waals surface area contributed by atoms with Crippen molar-refractivity contribution >= 4 is 35.2 Å². The SMILES string of the molecule is COc1cccc(N2C(=O)NC(=O)C(=CC=C(C=Cc3c(O)[nH]c(=O)n(-c4cccc(OC)c4)c3=O)c3ccncc3)C2=O)c1. The van der Waals surface area contributed by atoms with Crippen molar-refractivity contribution in [2.24, 2.45) is 0 Å². The lowest BCUT2D eigenvalue weighted by Crippen LogP contribution is -2.54. The molecule has 0 radical (unpaired) electrons. The van der Waals surface area contributed by atoms with Gasteiger partial charge in [-0.15, -0.1) is 0 Å². The minimum absolute atomic E-state index is 0.189. The van der Waals surface area contributed by atoms with Crippen LogP contribution in [0.2, 0.25) is 0 Å². The van der Waals surface area contributed by atoms with Gasteiger partial charge in [-0.05, 0) is 59.7 Å². The number of aromatic amines is 1. The van der Waals surface area contributed by atoms with E-state index in [0.29, 0.717) is 22.6 Å². The maximum atomic E-state index is 13.4. The Balaban J connectivity index is 1.57. The molecule has 45 heavy (non-hydrogen) atoms. The van der Waals surface area contributed by atoms with Crippen LogP contribution in [0.3, 0.4) is 0 Å². The number of ether oxygens (including phenoxy) is 2. The standard InChI is InChI=1S/C32H25N5O8/c1-44-23-7-3-5-21(17-23)36-29(40)25(27(38)34-31(36)42)11-9-19(20-13-15-33-16-14-20)10-12-26-28(39)35-32(43)37(30(26)41)22-6-4-8-24(18-22)45-2/h3-18,38H,1-2H3,(H,34,42)(H,35,39,43). The number of aromatic nitrogens is 3. The summed E-state index contributed by atoms with van der Waals surface area (Å²) in [5.74, 6) is -1.63. The minimum atomic E-state index is -0.922. The number of benzene rings is 2. The zero-order valence-electron chi connectivity index (χ0n) is 23.9. The molecular formula is C32H25N5O8. The molecule has 1 fully saturated rings. The number of H-pyrrole nitrogens is 1. The highest BCUT2D eigenvalue weighted by molar-refractivity contribution is 6.37. The molecule has 2 aromatic heterocycles. The number of barbiturate groups is 1. The molecule has 0 saturated carbocycles. The predicted molar refractivity (Wildman–Crippen MR) is 164 cm³/mol. The first-order valence-electron chi connectivity index (χ1n) is 13.3. The smallest absolute Gasteiger partial charge is 0.335 e. The summed E-state index contributed by atoms with van der Waals surface area (Å²) in [4.78, 5) is 71.9. The molecule has 2 aromatic carbocycles. The van der Waals surface area contributed by atoms with Gasteiger partial charge in [0.2, 0.25) is 5.88 Å². The molecule has 0 aliphatic carbocycles. The summed E-state index contributed by atoms with van der Waals surface area (Å²) in [6.07, 6.45) is 8.43. The van der Waals surface area contributed by atoms with Crippen molar-refractivity contribution in [3.05, 3.63) is 129 Å². The molecule has 0 atom stereocenters. The van der Waals surface area contributed by atoms with Gasteiger partial charge >= 0.3 is 11.7 Å². The van der Waals surface area contributed by atoms with Gasteiger partial charge in [-0.1, -0.05) is 24.3 Å². The Bertz CT molecular complexity index is 2030. The Hall–Kier alpha value is -6.50. The number of rotatable bonds is 8. The first kappa shape index (κ1) is 30.0. The van der Waals surface area contributed by atoms with E-state index in [1.54, 1.807) is 36.4 Å². The zero-order chi connectivity index (χ0) is 32.1. The normalized spacial score (nSPS) is 14.6. The number of allylic oxidation sites excluding steroid dienone is 4. The Morgan fingerprint density at radius 2 is 1.53 bits per heavy atom. The van der Waals surface area contributed by atoms with E-state index in [0.717, 1.165) is 9.47 Å². The number of methoxy groups -OCH3 is 2. The Labute approximate surface area is 255 Å². The van der Waals surface area contributed by atoms with Crippen molar-refractivity contribution in [1.82, 2.24) is 19.9 Å². The molecule has 1 saturated heterocycles. The number of amides is 4. The first-order valence-corrected chi connectivity index (χ1v) is 13.3. The molecule has 0 unspecified atom stereocenters. The van der Waals surface area contributed by atoms with Crippen LogP contribution in [0.4, 0.5) is 10.5 Å². The Morgan fingerprint density at radius 3 is 2.20 bits per heavy atom. The van der Waals surface area contributed by atoms with Gasteiger partial charge in [0.05, 0.1) is 25.6 Å². The second-order valence-electron chi connectivity index (χ2n) is 9.41. The summed E-state index contributed by atoms with van der Waals surface area (Å²) < 4.78 is 11.2. The third kappa shape index (κ3) is 6.17. The largest absolute Gasteiger partial charge is 0.497 e. The molecule has 13 heteroatoms. The average Bonchev–Trinajstić information content (AvgIpc) is 3.03. The number of imide groups is 2. The first-order chi connectivity index (χ1) is 21.7. The van der Waals surface area contributed by atoms with Gasteiger partial charge in [0.25, 0.3) is 17.4 Å². The van der Waals surface area contributed by atoms with Crippen LogP contribution in [-0.2, 0) is 9.59 Å². The fourth-order valence-corrected chi connectivity index (χ4v) is 4.47. The van der Waals surface area contributed by atoms with Gasteiger partial charge in [-0.25, -0.2) is 19.1 Å². The highest BCUT2D eigenvalue weighted by atomic mass is 16.5. The molecule has 3 N–H and O–H groups in total. The molecule has 1 aliphatic heterocycles. The number of carbonyl (C=O) groups is 3. The molecule has 13 nitrogen and oxygen atoms in total. The van der Waals surface area contributed by atoms with Crippen molar-refractivity contribution in [2.45, 2.75) is 0 Å². The number of pyridine rings is 1. The third-order valence-electron chi connectivity index (χ3n) is 6.71. The number of anilines is 1. The zero-order valence-corrected chi connectivity index (χ0v) is 23.9. The monoisotopic (exact) mass is 607 g/mol. The topological polar surface area (TPSA) is 173 Å². The summed E-state index contributed by atoms with van der Waals surface area (Å²) in [6, 6.07) is 14.9. The summed E-state index contributed by atoms with van der Waals surface area (Å²) >= 11 is 0. The highest BCUT2D eigenvalue weighted by Crippen LogP contribution is 2.26. The fourth-order valence-electron chi connectivity index (χ4n) is 4.47. The van der Waals surface area contributed by atoms with Gasteiger partial charge in [0.15, 0.2) is 0 Å². The number of hydrogen-bond acceptors (Lipinski definition) is 9. The molecule has 4 amide bonds. The highest BCUT2D eigenvalue weighted by Gasteiger charge is 2.36. The fraction of sp³-hybridized carbons (Fsp3) is 0.0625. The molecule has 1 aliphatic rings. The van der Waals surface area contributed by atoms with Crippen LogP contribution in [0, 0.1) is 0 Å². The summed E-state index contributed by atoms with van der Waals surface area (Å²) in [7, 11) is 2.88. The lowest BCUT2D eigenvalue weighted by molar-refractivity contribution is -0.122. The second kappa shape index (κ2) is 12.8. The van der Waals surface area contributed by atoms with Crippen molar-refractivity contribution in [3.63, 3.8) is 0 Å². The predicted octanol–water partition coefficient (Wildman–Crippen LogP) is 2.95. The third-order valence-corrected chi connectivity index (χ3v) is 6.71. The van der Waals surface area contributed by atoms with Crippen LogP contribution >= 0.6 is 0 Å². The molecule has 226 valence electrons. The van der Waals surface area contributed by atoms with E-state index in [9.17, 15) is 29.1 Å². The van der Waals surface area contributed by atoms with E-state index >= 15 is 0 Å². The molecule has 4 aromatic rings. The van der Waals surface area contributed by atoms with Crippen LogP contribution in [0.15, 0.2) is 106 Å². The van der Waals surface area contributed by atoms with Crippen molar-refractivity contribution in [1.29, 1.82) is 0 Å².